The van der Waals surface area contributed by atoms with Crippen molar-refractivity contribution in [2.45, 2.75) is 20.0 Å². The first-order valence-electron chi connectivity index (χ1n) is 7.18. The highest BCUT2D eigenvalue weighted by Gasteiger charge is 2.12. The van der Waals surface area contributed by atoms with Gasteiger partial charge in [-0.25, -0.2) is 9.78 Å². The highest BCUT2D eigenvalue weighted by molar-refractivity contribution is 5.67. The lowest BCUT2D eigenvalue weighted by atomic mass is 10.2. The van der Waals surface area contributed by atoms with Crippen molar-refractivity contribution < 1.29 is 14.6 Å². The third kappa shape index (κ3) is 4.57. The van der Waals surface area contributed by atoms with E-state index in [1.165, 1.54) is 11.8 Å². The van der Waals surface area contributed by atoms with Crippen LogP contribution in [-0.2, 0) is 17.8 Å². The summed E-state index contributed by atoms with van der Waals surface area (Å²) in [7, 11) is 1.60. The van der Waals surface area contributed by atoms with Gasteiger partial charge in [-0.1, -0.05) is 30.3 Å². The molecule has 0 aliphatic carbocycles. The summed E-state index contributed by atoms with van der Waals surface area (Å²) >= 11 is 0. The number of rotatable bonds is 5. The Labute approximate surface area is 133 Å². The Morgan fingerprint density at radius 2 is 2.04 bits per heavy atom. The zero-order chi connectivity index (χ0) is 16.8. The van der Waals surface area contributed by atoms with E-state index in [4.69, 9.17) is 4.74 Å². The van der Waals surface area contributed by atoms with Crippen molar-refractivity contribution >= 4 is 6.09 Å². The molecule has 0 saturated heterocycles. The molecule has 1 aromatic heterocycles. The van der Waals surface area contributed by atoms with E-state index < -0.39 is 6.09 Å². The molecule has 7 nitrogen and oxygen atoms in total. The van der Waals surface area contributed by atoms with Crippen molar-refractivity contribution in [3.8, 4) is 5.88 Å². The molecule has 2 rings (SSSR count). The third-order valence-corrected chi connectivity index (χ3v) is 3.38. The number of aromatic hydroxyl groups is 1. The second-order valence-electron chi connectivity index (χ2n) is 5.17. The van der Waals surface area contributed by atoms with E-state index in [0.29, 0.717) is 18.8 Å². The molecule has 0 aliphatic rings. The highest BCUT2D eigenvalue weighted by Crippen LogP contribution is 2.07. The quantitative estimate of drug-likeness (QED) is 0.873. The summed E-state index contributed by atoms with van der Waals surface area (Å²) in [5.41, 5.74) is 0.690. The van der Waals surface area contributed by atoms with Crippen molar-refractivity contribution in [2.75, 3.05) is 13.6 Å². The molecule has 0 unspecified atom stereocenters. The molecule has 1 aromatic carbocycles. The Bertz CT molecular complexity index is 728. The number of carbonyl (C=O) groups is 1. The van der Waals surface area contributed by atoms with Crippen LogP contribution in [0.1, 0.15) is 17.0 Å². The summed E-state index contributed by atoms with van der Waals surface area (Å²) in [6.45, 7) is 1.99. The number of carbonyl (C=O) groups excluding carboxylic acids is 1. The van der Waals surface area contributed by atoms with E-state index in [2.05, 4.69) is 9.97 Å². The lowest BCUT2D eigenvalue weighted by molar-refractivity contribution is 0.105. The number of amides is 1. The molecule has 2 aromatic rings. The zero-order valence-electron chi connectivity index (χ0n) is 13.1. The molecule has 1 heterocycles. The monoisotopic (exact) mass is 317 g/mol. The average molecular weight is 317 g/mol. The predicted octanol–water partition coefficient (Wildman–Crippen LogP) is 1.60. The third-order valence-electron chi connectivity index (χ3n) is 3.38. The van der Waals surface area contributed by atoms with E-state index in [-0.39, 0.29) is 23.6 Å². The van der Waals surface area contributed by atoms with E-state index in [1.54, 1.807) is 7.05 Å². The summed E-state index contributed by atoms with van der Waals surface area (Å²) < 4.78 is 5.19. The van der Waals surface area contributed by atoms with Gasteiger partial charge in [0.15, 0.2) is 0 Å². The first-order valence-corrected chi connectivity index (χ1v) is 7.18. The van der Waals surface area contributed by atoms with Crippen LogP contribution in [0.15, 0.2) is 35.1 Å². The van der Waals surface area contributed by atoms with Crippen LogP contribution in [0.4, 0.5) is 4.79 Å². The van der Waals surface area contributed by atoms with E-state index >= 15 is 0 Å². The molecule has 0 bridgehead atoms. The van der Waals surface area contributed by atoms with Crippen LogP contribution in [0.25, 0.3) is 0 Å². The molecule has 1 amide bonds. The molecule has 0 radical (unpaired) electrons. The lowest BCUT2D eigenvalue weighted by Crippen LogP contribution is -2.30. The van der Waals surface area contributed by atoms with Gasteiger partial charge in [0.2, 0.25) is 5.88 Å². The minimum absolute atomic E-state index is 0.171. The van der Waals surface area contributed by atoms with Gasteiger partial charge >= 0.3 is 6.09 Å². The van der Waals surface area contributed by atoms with Gasteiger partial charge in [0, 0.05) is 20.0 Å². The van der Waals surface area contributed by atoms with E-state index in [0.717, 1.165) is 5.56 Å². The number of benzene rings is 1. The van der Waals surface area contributed by atoms with Crippen LogP contribution >= 0.6 is 0 Å². The van der Waals surface area contributed by atoms with Gasteiger partial charge in [-0.05, 0) is 12.5 Å². The Morgan fingerprint density at radius 1 is 1.35 bits per heavy atom. The van der Waals surface area contributed by atoms with Crippen LogP contribution in [-0.4, -0.2) is 39.7 Å². The second kappa shape index (κ2) is 7.44. The minimum atomic E-state index is -0.465. The molecule has 0 atom stereocenters. The van der Waals surface area contributed by atoms with Crippen molar-refractivity contribution in [3.63, 3.8) is 0 Å². The number of hydrogen-bond donors (Lipinski definition) is 2. The Morgan fingerprint density at radius 3 is 2.70 bits per heavy atom. The Kier molecular flexibility index (Phi) is 5.35. The van der Waals surface area contributed by atoms with Crippen molar-refractivity contribution in [3.05, 3.63) is 57.6 Å². The smallest absolute Gasteiger partial charge is 0.409 e. The number of nitrogens with one attached hydrogen (secondary N) is 1. The fourth-order valence-electron chi connectivity index (χ4n) is 1.88. The van der Waals surface area contributed by atoms with Crippen LogP contribution in [0.5, 0.6) is 5.88 Å². The van der Waals surface area contributed by atoms with Gasteiger partial charge < -0.3 is 19.7 Å². The number of H-pyrrole nitrogens is 1. The zero-order valence-corrected chi connectivity index (χ0v) is 13.1. The predicted molar refractivity (Wildman–Crippen MR) is 84.2 cm³/mol. The van der Waals surface area contributed by atoms with Gasteiger partial charge in [-0.2, -0.15) is 0 Å². The van der Waals surface area contributed by atoms with Crippen molar-refractivity contribution in [1.29, 1.82) is 0 Å². The SMILES string of the molecule is Cc1c(O)nc(CCN(C)C(=O)OCc2ccccc2)[nH]c1=O. The second-order valence-corrected chi connectivity index (χ2v) is 5.17. The summed E-state index contributed by atoms with van der Waals surface area (Å²) in [5, 5.41) is 9.53. The maximum absolute atomic E-state index is 11.9. The van der Waals surface area contributed by atoms with Crippen LogP contribution in [0.3, 0.4) is 0 Å². The van der Waals surface area contributed by atoms with Crippen LogP contribution < -0.4 is 5.56 Å². The molecule has 0 spiro atoms. The van der Waals surface area contributed by atoms with Gasteiger partial charge in [0.1, 0.15) is 12.4 Å². The van der Waals surface area contributed by atoms with Crippen LogP contribution in [0.2, 0.25) is 0 Å². The largest absolute Gasteiger partial charge is 0.493 e. The summed E-state index contributed by atoms with van der Waals surface area (Å²) in [6, 6.07) is 9.38. The standard InChI is InChI=1S/C16H19N3O4/c1-11-14(20)17-13(18-15(11)21)8-9-19(2)16(22)23-10-12-6-4-3-5-7-12/h3-7H,8-10H2,1-2H3,(H2,17,18,20,21). The minimum Gasteiger partial charge on any atom is -0.493 e. The number of aromatic nitrogens is 2. The summed E-state index contributed by atoms with van der Waals surface area (Å²) in [4.78, 5) is 31.3. The summed E-state index contributed by atoms with van der Waals surface area (Å²) in [5.74, 6) is 0.0267. The highest BCUT2D eigenvalue weighted by atomic mass is 16.6. The van der Waals surface area contributed by atoms with Crippen molar-refractivity contribution in [2.24, 2.45) is 0 Å². The molecular weight excluding hydrogens is 298 g/mol. The fraction of sp³-hybridized carbons (Fsp3) is 0.312. The summed E-state index contributed by atoms with van der Waals surface area (Å²) in [6.07, 6.45) is -0.160. The molecule has 23 heavy (non-hydrogen) atoms. The number of likely N-dealkylation sites (N-methyl/N-ethyl adjacent to an activating group) is 1. The number of nitrogens with zero attached hydrogens (tertiary/aromatic N) is 2. The van der Waals surface area contributed by atoms with E-state index in [1.807, 2.05) is 30.3 Å². The molecule has 0 saturated carbocycles. The maximum atomic E-state index is 11.9. The average Bonchev–Trinajstić information content (AvgIpc) is 2.56. The molecular formula is C16H19N3O4. The normalized spacial score (nSPS) is 10.3. The van der Waals surface area contributed by atoms with Gasteiger partial charge in [0.25, 0.3) is 5.56 Å². The number of hydrogen-bond acceptors (Lipinski definition) is 5. The lowest BCUT2D eigenvalue weighted by Gasteiger charge is -2.16. The fourth-order valence-corrected chi connectivity index (χ4v) is 1.88. The molecule has 2 N–H and O–H groups in total. The molecule has 122 valence electrons. The van der Waals surface area contributed by atoms with Gasteiger partial charge in [-0.3, -0.25) is 4.79 Å². The number of ether oxygens (including phenoxy) is 1. The first kappa shape index (κ1) is 16.5. The molecule has 0 fully saturated rings. The van der Waals surface area contributed by atoms with Gasteiger partial charge in [-0.15, -0.1) is 0 Å². The molecule has 0 aliphatic heterocycles. The maximum Gasteiger partial charge on any atom is 0.409 e. The Balaban J connectivity index is 1.85. The van der Waals surface area contributed by atoms with Gasteiger partial charge in [0.05, 0.1) is 5.56 Å². The van der Waals surface area contributed by atoms with Crippen molar-refractivity contribution in [1.82, 2.24) is 14.9 Å². The van der Waals surface area contributed by atoms with E-state index in [9.17, 15) is 14.7 Å². The first-order chi connectivity index (χ1) is 11.0. The Hall–Kier alpha value is -2.83. The topological polar surface area (TPSA) is 95.5 Å². The van der Waals surface area contributed by atoms with Crippen LogP contribution in [0, 0.1) is 6.92 Å². The molecule has 7 heteroatoms. The number of aromatic amines is 1.